The normalized spacial score (nSPS) is 35.9. The standard InChI is InChI=1S/C13H27N3O3S/c1-10-9-19-11(2)8-16(10)20(17,18)15-7-5-4-6-13(15)12(3)14/h10-13H,4-9,14H2,1-3H3. The van der Waals surface area contributed by atoms with E-state index in [1.165, 1.54) is 0 Å². The van der Waals surface area contributed by atoms with Crippen molar-refractivity contribution in [1.82, 2.24) is 8.61 Å². The number of nitrogens with zero attached hydrogens (tertiary/aromatic N) is 2. The number of rotatable bonds is 3. The van der Waals surface area contributed by atoms with E-state index in [9.17, 15) is 8.42 Å². The highest BCUT2D eigenvalue weighted by Gasteiger charge is 2.41. The molecule has 4 atom stereocenters. The highest BCUT2D eigenvalue weighted by molar-refractivity contribution is 7.86. The SMILES string of the molecule is CC1CN(S(=O)(=O)N2CCCCC2C(C)N)C(C)CO1. The van der Waals surface area contributed by atoms with Crippen molar-refractivity contribution in [2.45, 2.75) is 64.3 Å². The fraction of sp³-hybridized carbons (Fsp3) is 1.00. The maximum atomic E-state index is 13.0. The zero-order chi connectivity index (χ0) is 14.9. The second-order valence-corrected chi connectivity index (χ2v) is 7.94. The molecule has 2 saturated heterocycles. The van der Waals surface area contributed by atoms with Gasteiger partial charge in [-0.15, -0.1) is 0 Å². The molecule has 0 radical (unpaired) electrons. The van der Waals surface area contributed by atoms with E-state index in [1.54, 1.807) is 8.61 Å². The summed E-state index contributed by atoms with van der Waals surface area (Å²) in [5, 5.41) is 0. The van der Waals surface area contributed by atoms with E-state index in [-0.39, 0.29) is 24.2 Å². The predicted octanol–water partition coefficient (Wildman–Crippen LogP) is 0.542. The van der Waals surface area contributed by atoms with Crippen molar-refractivity contribution in [2.24, 2.45) is 5.73 Å². The third-order valence-corrected chi connectivity index (χ3v) is 6.40. The van der Waals surface area contributed by atoms with E-state index in [0.29, 0.717) is 19.7 Å². The maximum absolute atomic E-state index is 13.0. The zero-order valence-electron chi connectivity index (χ0n) is 12.7. The molecule has 0 saturated carbocycles. The smallest absolute Gasteiger partial charge is 0.282 e. The van der Waals surface area contributed by atoms with E-state index in [0.717, 1.165) is 19.3 Å². The van der Waals surface area contributed by atoms with Crippen LogP contribution in [0.15, 0.2) is 0 Å². The van der Waals surface area contributed by atoms with Crippen LogP contribution in [0.2, 0.25) is 0 Å². The molecular formula is C13H27N3O3S. The van der Waals surface area contributed by atoms with Gasteiger partial charge in [-0.25, -0.2) is 0 Å². The Labute approximate surface area is 122 Å². The molecule has 0 spiro atoms. The summed E-state index contributed by atoms with van der Waals surface area (Å²) in [6.07, 6.45) is 2.76. The maximum Gasteiger partial charge on any atom is 0.282 e. The molecular weight excluding hydrogens is 278 g/mol. The van der Waals surface area contributed by atoms with Crippen molar-refractivity contribution in [2.75, 3.05) is 19.7 Å². The van der Waals surface area contributed by atoms with Gasteiger partial charge in [0.15, 0.2) is 0 Å². The van der Waals surface area contributed by atoms with E-state index >= 15 is 0 Å². The Bertz CT molecular complexity index is 427. The van der Waals surface area contributed by atoms with Crippen molar-refractivity contribution in [3.05, 3.63) is 0 Å². The molecule has 2 aliphatic heterocycles. The van der Waals surface area contributed by atoms with Gasteiger partial charge in [0.1, 0.15) is 0 Å². The Hall–Kier alpha value is -0.210. The van der Waals surface area contributed by atoms with Crippen LogP contribution in [-0.2, 0) is 14.9 Å². The van der Waals surface area contributed by atoms with Crippen LogP contribution in [0.5, 0.6) is 0 Å². The van der Waals surface area contributed by atoms with Crippen LogP contribution < -0.4 is 5.73 Å². The predicted molar refractivity (Wildman–Crippen MR) is 78.5 cm³/mol. The first-order valence-electron chi connectivity index (χ1n) is 7.50. The van der Waals surface area contributed by atoms with Crippen LogP contribution in [0.3, 0.4) is 0 Å². The fourth-order valence-corrected chi connectivity index (χ4v) is 5.25. The van der Waals surface area contributed by atoms with Crippen LogP contribution in [0, 0.1) is 0 Å². The molecule has 0 aromatic heterocycles. The lowest BCUT2D eigenvalue weighted by Crippen LogP contribution is -2.60. The Morgan fingerprint density at radius 2 is 1.95 bits per heavy atom. The molecule has 0 bridgehead atoms. The number of hydrogen-bond acceptors (Lipinski definition) is 4. The summed E-state index contributed by atoms with van der Waals surface area (Å²) >= 11 is 0. The summed E-state index contributed by atoms with van der Waals surface area (Å²) in [4.78, 5) is 0. The average Bonchev–Trinajstić information content (AvgIpc) is 2.41. The van der Waals surface area contributed by atoms with Crippen LogP contribution in [-0.4, -0.2) is 61.0 Å². The summed E-state index contributed by atoms with van der Waals surface area (Å²) in [6, 6.07) is -0.343. The van der Waals surface area contributed by atoms with Crippen molar-refractivity contribution < 1.29 is 13.2 Å². The Kier molecular flexibility index (Phi) is 5.07. The summed E-state index contributed by atoms with van der Waals surface area (Å²) < 4.78 is 34.6. The lowest BCUT2D eigenvalue weighted by molar-refractivity contribution is -0.0200. The monoisotopic (exact) mass is 305 g/mol. The average molecular weight is 305 g/mol. The molecule has 2 heterocycles. The molecule has 2 N–H and O–H groups in total. The minimum atomic E-state index is -3.45. The summed E-state index contributed by atoms with van der Waals surface area (Å²) in [7, 11) is -3.45. The molecule has 20 heavy (non-hydrogen) atoms. The van der Waals surface area contributed by atoms with Gasteiger partial charge in [-0.1, -0.05) is 6.42 Å². The highest BCUT2D eigenvalue weighted by Crippen LogP contribution is 2.27. The molecule has 7 heteroatoms. The fourth-order valence-electron chi connectivity index (χ4n) is 3.07. The minimum Gasteiger partial charge on any atom is -0.375 e. The summed E-state index contributed by atoms with van der Waals surface area (Å²) in [5.74, 6) is 0. The molecule has 2 rings (SSSR count). The molecule has 118 valence electrons. The molecule has 0 aromatic carbocycles. The molecule has 2 fully saturated rings. The number of ether oxygens (including phenoxy) is 1. The largest absolute Gasteiger partial charge is 0.375 e. The van der Waals surface area contributed by atoms with Gasteiger partial charge in [0.05, 0.1) is 12.7 Å². The molecule has 0 aliphatic carbocycles. The molecule has 4 unspecified atom stereocenters. The van der Waals surface area contributed by atoms with Crippen molar-refractivity contribution in [1.29, 1.82) is 0 Å². The first-order valence-corrected chi connectivity index (χ1v) is 8.89. The van der Waals surface area contributed by atoms with Crippen LogP contribution in [0.4, 0.5) is 0 Å². The lowest BCUT2D eigenvalue weighted by Gasteiger charge is -2.43. The molecule has 0 amide bonds. The van der Waals surface area contributed by atoms with Gasteiger partial charge in [0.25, 0.3) is 10.2 Å². The van der Waals surface area contributed by atoms with E-state index in [1.807, 2.05) is 20.8 Å². The quantitative estimate of drug-likeness (QED) is 0.826. The van der Waals surface area contributed by atoms with E-state index in [4.69, 9.17) is 10.5 Å². The Morgan fingerprint density at radius 1 is 1.25 bits per heavy atom. The van der Waals surface area contributed by atoms with E-state index < -0.39 is 10.2 Å². The van der Waals surface area contributed by atoms with Gasteiger partial charge in [-0.2, -0.15) is 17.0 Å². The first-order chi connectivity index (χ1) is 9.34. The van der Waals surface area contributed by atoms with E-state index in [2.05, 4.69) is 0 Å². The number of piperidine rings is 1. The van der Waals surface area contributed by atoms with Crippen LogP contribution in [0.25, 0.3) is 0 Å². The van der Waals surface area contributed by atoms with Crippen molar-refractivity contribution in [3.63, 3.8) is 0 Å². The van der Waals surface area contributed by atoms with Gasteiger partial charge in [-0.05, 0) is 33.6 Å². The number of morpholine rings is 1. The number of nitrogens with two attached hydrogens (primary N) is 1. The first kappa shape index (κ1) is 16.2. The zero-order valence-corrected chi connectivity index (χ0v) is 13.5. The third-order valence-electron chi connectivity index (χ3n) is 4.25. The molecule has 0 aromatic rings. The van der Waals surface area contributed by atoms with Gasteiger partial charge in [-0.3, -0.25) is 0 Å². The minimum absolute atomic E-state index is 0.0560. The molecule has 6 nitrogen and oxygen atoms in total. The van der Waals surface area contributed by atoms with Crippen LogP contribution >= 0.6 is 0 Å². The summed E-state index contributed by atoms with van der Waals surface area (Å²) in [5.41, 5.74) is 6.00. The molecule has 2 aliphatic rings. The topological polar surface area (TPSA) is 75.9 Å². The second kappa shape index (κ2) is 6.27. The Balaban J connectivity index is 2.23. The third kappa shape index (κ3) is 3.17. The van der Waals surface area contributed by atoms with Gasteiger partial charge >= 0.3 is 0 Å². The van der Waals surface area contributed by atoms with Gasteiger partial charge in [0.2, 0.25) is 0 Å². The van der Waals surface area contributed by atoms with Crippen molar-refractivity contribution in [3.8, 4) is 0 Å². The second-order valence-electron chi connectivity index (χ2n) is 6.10. The van der Waals surface area contributed by atoms with Crippen molar-refractivity contribution >= 4 is 10.2 Å². The van der Waals surface area contributed by atoms with Gasteiger partial charge in [0, 0.05) is 31.2 Å². The highest BCUT2D eigenvalue weighted by atomic mass is 32.2. The Morgan fingerprint density at radius 3 is 2.60 bits per heavy atom. The lowest BCUT2D eigenvalue weighted by atomic mass is 10.00. The van der Waals surface area contributed by atoms with Crippen LogP contribution in [0.1, 0.15) is 40.0 Å². The number of hydrogen-bond donors (Lipinski definition) is 1. The van der Waals surface area contributed by atoms with Gasteiger partial charge < -0.3 is 10.5 Å². The summed E-state index contributed by atoms with van der Waals surface area (Å²) in [6.45, 7) is 7.15.